The zero-order valence-electron chi connectivity index (χ0n) is 13.9. The van der Waals surface area contributed by atoms with Crippen molar-refractivity contribution in [1.29, 1.82) is 0 Å². The number of sulfone groups is 1. The van der Waals surface area contributed by atoms with Gasteiger partial charge in [-0.1, -0.05) is 0 Å². The first-order chi connectivity index (χ1) is 11.6. The van der Waals surface area contributed by atoms with Crippen molar-refractivity contribution in [2.75, 3.05) is 11.6 Å². The number of hydrogen-bond acceptors (Lipinski definition) is 6. The molecule has 1 fully saturated rings. The molecule has 9 heteroatoms. The average Bonchev–Trinajstić information content (AvgIpc) is 2.95. The monoisotopic (exact) mass is 387 g/mol. The summed E-state index contributed by atoms with van der Waals surface area (Å²) in [7, 11) is -3.43. The molecule has 1 aliphatic carbocycles. The zero-order valence-corrected chi connectivity index (χ0v) is 15.6. The number of alkyl halides is 2. The summed E-state index contributed by atoms with van der Waals surface area (Å²) in [6, 6.07) is 2.80. The van der Waals surface area contributed by atoms with E-state index < -0.39 is 15.8 Å². The average molecular weight is 387 g/mol. The molecule has 0 bridgehead atoms. The fraction of sp³-hybridized carbons (Fsp3) is 0.500. The first kappa shape index (κ1) is 18.2. The van der Waals surface area contributed by atoms with Crippen LogP contribution in [0.3, 0.4) is 0 Å². The Hall–Kier alpha value is -1.61. The molecule has 5 nitrogen and oxygen atoms in total. The number of anilines is 1. The number of aromatic nitrogens is 2. The van der Waals surface area contributed by atoms with Crippen LogP contribution in [-0.2, 0) is 9.84 Å². The molecule has 0 amide bonds. The SMILES string of the molecule is Cc1csc(-c2cc(S(C)(=O)=O)cc(NC3CCC(F)(F)CC3)n2)n1. The third-order valence-electron chi connectivity index (χ3n) is 4.13. The van der Waals surface area contributed by atoms with Gasteiger partial charge in [0.15, 0.2) is 9.84 Å². The van der Waals surface area contributed by atoms with E-state index in [1.54, 1.807) is 0 Å². The lowest BCUT2D eigenvalue weighted by molar-refractivity contribution is -0.0361. The van der Waals surface area contributed by atoms with E-state index in [2.05, 4.69) is 15.3 Å². The van der Waals surface area contributed by atoms with E-state index in [1.807, 2.05) is 12.3 Å². The maximum absolute atomic E-state index is 13.3. The molecule has 1 N–H and O–H groups in total. The van der Waals surface area contributed by atoms with Crippen molar-refractivity contribution in [1.82, 2.24) is 9.97 Å². The molecule has 136 valence electrons. The van der Waals surface area contributed by atoms with Crippen LogP contribution in [-0.4, -0.2) is 36.6 Å². The number of halogens is 2. The van der Waals surface area contributed by atoms with Gasteiger partial charge in [0.25, 0.3) is 0 Å². The lowest BCUT2D eigenvalue weighted by Gasteiger charge is -2.29. The van der Waals surface area contributed by atoms with Crippen LogP contribution in [0.15, 0.2) is 22.4 Å². The fourth-order valence-corrected chi connectivity index (χ4v) is 4.18. The van der Waals surface area contributed by atoms with Crippen molar-refractivity contribution < 1.29 is 17.2 Å². The number of thiazole rings is 1. The second-order valence-corrected chi connectivity index (χ2v) is 9.29. The van der Waals surface area contributed by atoms with Crippen LogP contribution in [0.25, 0.3) is 10.7 Å². The summed E-state index contributed by atoms with van der Waals surface area (Å²) >= 11 is 1.38. The number of nitrogens with zero attached hydrogens (tertiary/aromatic N) is 2. The van der Waals surface area contributed by atoms with Gasteiger partial charge in [0.2, 0.25) is 5.92 Å². The second-order valence-electron chi connectivity index (χ2n) is 6.41. The van der Waals surface area contributed by atoms with Crippen LogP contribution in [0.5, 0.6) is 0 Å². The molecule has 0 radical (unpaired) electrons. The highest BCUT2D eigenvalue weighted by molar-refractivity contribution is 7.90. The third kappa shape index (κ3) is 4.52. The minimum absolute atomic E-state index is 0.133. The van der Waals surface area contributed by atoms with Crippen molar-refractivity contribution in [3.8, 4) is 10.7 Å². The summed E-state index contributed by atoms with van der Waals surface area (Å²) in [5.41, 5.74) is 1.29. The first-order valence-electron chi connectivity index (χ1n) is 7.91. The van der Waals surface area contributed by atoms with Crippen molar-refractivity contribution in [3.63, 3.8) is 0 Å². The highest BCUT2D eigenvalue weighted by Gasteiger charge is 2.35. The second kappa shape index (κ2) is 6.60. The molecule has 0 atom stereocenters. The maximum Gasteiger partial charge on any atom is 0.248 e. The maximum atomic E-state index is 13.3. The highest BCUT2D eigenvalue weighted by Crippen LogP contribution is 2.34. The molecule has 2 heterocycles. The molecule has 0 aliphatic heterocycles. The van der Waals surface area contributed by atoms with E-state index in [4.69, 9.17) is 0 Å². The number of pyridine rings is 1. The Morgan fingerprint density at radius 1 is 1.24 bits per heavy atom. The number of hydrogen-bond donors (Lipinski definition) is 1. The van der Waals surface area contributed by atoms with E-state index in [1.165, 1.54) is 23.5 Å². The summed E-state index contributed by atoms with van der Waals surface area (Å²) in [5.74, 6) is -2.23. The molecule has 0 unspecified atom stereocenters. The Kier molecular flexibility index (Phi) is 4.80. The van der Waals surface area contributed by atoms with Gasteiger partial charge < -0.3 is 5.32 Å². The van der Waals surface area contributed by atoms with Gasteiger partial charge in [-0.15, -0.1) is 11.3 Å². The van der Waals surface area contributed by atoms with Crippen LogP contribution < -0.4 is 5.32 Å². The quantitative estimate of drug-likeness (QED) is 0.861. The molecule has 0 aromatic carbocycles. The van der Waals surface area contributed by atoms with Crippen LogP contribution in [0.1, 0.15) is 31.4 Å². The van der Waals surface area contributed by atoms with Crippen LogP contribution in [0.2, 0.25) is 0 Å². The number of rotatable bonds is 4. The molecule has 25 heavy (non-hydrogen) atoms. The Morgan fingerprint density at radius 3 is 2.48 bits per heavy atom. The van der Waals surface area contributed by atoms with Crippen molar-refractivity contribution in [3.05, 3.63) is 23.2 Å². The van der Waals surface area contributed by atoms with Gasteiger partial charge in [-0.3, -0.25) is 0 Å². The van der Waals surface area contributed by atoms with Crippen molar-refractivity contribution >= 4 is 27.0 Å². The zero-order chi connectivity index (χ0) is 18.2. The van der Waals surface area contributed by atoms with E-state index in [9.17, 15) is 17.2 Å². The van der Waals surface area contributed by atoms with E-state index in [0.29, 0.717) is 29.4 Å². The van der Waals surface area contributed by atoms with Gasteiger partial charge in [-0.25, -0.2) is 27.2 Å². The Labute approximate surface area is 149 Å². The molecule has 0 saturated heterocycles. The lowest BCUT2D eigenvalue weighted by Crippen LogP contribution is -2.32. The van der Waals surface area contributed by atoms with Gasteiger partial charge in [0, 0.05) is 36.2 Å². The highest BCUT2D eigenvalue weighted by atomic mass is 32.2. The molecule has 1 aliphatic rings. The summed E-state index contributed by atoms with van der Waals surface area (Å²) in [6.45, 7) is 1.85. The Morgan fingerprint density at radius 2 is 1.92 bits per heavy atom. The molecule has 2 aromatic rings. The Balaban J connectivity index is 1.90. The molecule has 2 aromatic heterocycles. The van der Waals surface area contributed by atoms with Crippen molar-refractivity contribution in [2.45, 2.75) is 49.5 Å². The molecular formula is C16H19F2N3O2S2. The van der Waals surface area contributed by atoms with Crippen LogP contribution in [0.4, 0.5) is 14.6 Å². The topological polar surface area (TPSA) is 72.0 Å². The van der Waals surface area contributed by atoms with Gasteiger partial charge in [-0.2, -0.15) is 0 Å². The number of aryl methyl sites for hydroxylation is 1. The summed E-state index contributed by atoms with van der Waals surface area (Å²) in [5, 5.41) is 5.60. The smallest absolute Gasteiger partial charge is 0.248 e. The van der Waals surface area contributed by atoms with E-state index in [0.717, 1.165) is 11.9 Å². The predicted molar refractivity (Wildman–Crippen MR) is 94.0 cm³/mol. The fourth-order valence-electron chi connectivity index (χ4n) is 2.77. The van der Waals surface area contributed by atoms with Gasteiger partial charge in [-0.05, 0) is 31.9 Å². The summed E-state index contributed by atoms with van der Waals surface area (Å²) in [4.78, 5) is 8.92. The Bertz CT molecular complexity index is 871. The number of nitrogens with one attached hydrogen (secondary N) is 1. The van der Waals surface area contributed by atoms with Gasteiger partial charge >= 0.3 is 0 Å². The summed E-state index contributed by atoms with van der Waals surface area (Å²) in [6.07, 6.45) is 1.43. The van der Waals surface area contributed by atoms with Gasteiger partial charge in [0.1, 0.15) is 16.5 Å². The van der Waals surface area contributed by atoms with Crippen LogP contribution >= 0.6 is 11.3 Å². The van der Waals surface area contributed by atoms with E-state index in [-0.39, 0.29) is 23.8 Å². The standard InChI is InChI=1S/C16H19F2N3O2S2/c1-10-9-24-15(19-10)13-7-12(25(2,22)23)8-14(21-13)20-11-3-5-16(17,18)6-4-11/h7-9,11H,3-6H2,1-2H3,(H,20,21). The minimum Gasteiger partial charge on any atom is -0.367 e. The lowest BCUT2D eigenvalue weighted by atomic mass is 9.92. The summed E-state index contributed by atoms with van der Waals surface area (Å²) < 4.78 is 50.5. The van der Waals surface area contributed by atoms with Gasteiger partial charge in [0.05, 0.1) is 4.90 Å². The normalized spacial score (nSPS) is 18.2. The largest absolute Gasteiger partial charge is 0.367 e. The molecule has 3 rings (SSSR count). The molecule has 1 saturated carbocycles. The van der Waals surface area contributed by atoms with Crippen molar-refractivity contribution in [2.24, 2.45) is 0 Å². The molecule has 0 spiro atoms. The minimum atomic E-state index is -3.43. The third-order valence-corrected chi connectivity index (χ3v) is 6.21. The van der Waals surface area contributed by atoms with E-state index >= 15 is 0 Å². The van der Waals surface area contributed by atoms with Crippen LogP contribution in [0, 0.1) is 6.92 Å². The first-order valence-corrected chi connectivity index (χ1v) is 10.7. The predicted octanol–water partition coefficient (Wildman–Crippen LogP) is 3.91. The molecular weight excluding hydrogens is 368 g/mol.